The smallest absolute Gasteiger partial charge is 0.422 e. The van der Waals surface area contributed by atoms with E-state index in [1.165, 1.54) is 0 Å². The molecule has 4 aromatic rings. The summed E-state index contributed by atoms with van der Waals surface area (Å²) in [4.78, 5) is 13.4. The first-order valence-electron chi connectivity index (χ1n) is 11.2. The van der Waals surface area contributed by atoms with Crippen molar-refractivity contribution in [3.8, 4) is 17.1 Å². The van der Waals surface area contributed by atoms with E-state index in [2.05, 4.69) is 43.8 Å². The minimum atomic E-state index is -1.86. The number of hydrogen-bond acceptors (Lipinski definition) is 7. The number of nitrogens with zero attached hydrogens (tertiary/aromatic N) is 4. The summed E-state index contributed by atoms with van der Waals surface area (Å²) in [5, 5.41) is 19.4. The van der Waals surface area contributed by atoms with Crippen LogP contribution in [0.5, 0.6) is 0 Å². The number of rotatable bonds is 6. The molecule has 3 aromatic heterocycles. The number of nitrogens with two attached hydrogens (primary N) is 1. The van der Waals surface area contributed by atoms with Gasteiger partial charge in [-0.1, -0.05) is 32.9 Å². The van der Waals surface area contributed by atoms with E-state index < -0.39 is 15.4 Å². The highest BCUT2D eigenvalue weighted by atomic mass is 28.4. The first-order valence-corrected chi connectivity index (χ1v) is 14.1. The van der Waals surface area contributed by atoms with Crippen molar-refractivity contribution in [1.29, 1.82) is 0 Å². The topological polar surface area (TPSA) is 119 Å². The van der Waals surface area contributed by atoms with E-state index in [9.17, 15) is 10.0 Å². The lowest BCUT2D eigenvalue weighted by molar-refractivity contribution is 0.276. The first kappa shape index (κ1) is 24.1. The van der Waals surface area contributed by atoms with Gasteiger partial charge in [-0.15, -0.1) is 0 Å². The molecule has 0 radical (unpaired) electrons. The van der Waals surface area contributed by atoms with Crippen molar-refractivity contribution in [2.75, 3.05) is 5.73 Å². The summed E-state index contributed by atoms with van der Waals surface area (Å²) in [6, 6.07) is 14.9. The van der Waals surface area contributed by atoms with Gasteiger partial charge >= 0.3 is 7.12 Å². The molecule has 4 rings (SSSR count). The largest absolute Gasteiger partial charge is 0.508 e. The molecule has 34 heavy (non-hydrogen) atoms. The van der Waals surface area contributed by atoms with Crippen LogP contribution in [-0.4, -0.2) is 45.0 Å². The predicted molar refractivity (Wildman–Crippen MR) is 138 cm³/mol. The molecule has 0 unspecified atom stereocenters. The lowest BCUT2D eigenvalue weighted by Crippen LogP contribution is -2.40. The molecular weight excluding hydrogens is 445 g/mol. The second-order valence-corrected chi connectivity index (χ2v) is 14.7. The van der Waals surface area contributed by atoms with Crippen LogP contribution in [0.1, 0.15) is 26.3 Å². The second kappa shape index (κ2) is 8.95. The standard InChI is InChI=1S/C24H30BN5O3Si/c1-24(2,3)34(4,5)33-15-16-8-10-17(11-9-16)30-22(18-7-6-14-27-21(18)26)28-19-12-13-20(25(31)32)29-23(19)30/h6-14,31-32H,15H2,1-5H3,(H2,26,27). The molecule has 0 aliphatic heterocycles. The molecule has 0 saturated carbocycles. The molecule has 3 heterocycles. The van der Waals surface area contributed by atoms with Gasteiger partial charge in [-0.3, -0.25) is 4.57 Å². The zero-order chi connectivity index (χ0) is 24.7. The zero-order valence-corrected chi connectivity index (χ0v) is 21.1. The third-order valence-electron chi connectivity index (χ3n) is 6.47. The summed E-state index contributed by atoms with van der Waals surface area (Å²) in [5.74, 6) is 0.920. The minimum Gasteiger partial charge on any atom is -0.422 e. The molecule has 176 valence electrons. The molecule has 10 heteroatoms. The van der Waals surface area contributed by atoms with Crippen LogP contribution in [0.15, 0.2) is 54.7 Å². The fourth-order valence-corrected chi connectivity index (χ4v) is 4.33. The molecule has 0 spiro atoms. The number of aromatic nitrogens is 4. The average Bonchev–Trinajstić information content (AvgIpc) is 3.16. The van der Waals surface area contributed by atoms with Crippen molar-refractivity contribution in [3.63, 3.8) is 0 Å². The molecule has 1 aromatic carbocycles. The summed E-state index contributed by atoms with van der Waals surface area (Å²) in [6.45, 7) is 11.7. The summed E-state index contributed by atoms with van der Waals surface area (Å²) < 4.78 is 8.21. The fourth-order valence-electron chi connectivity index (χ4n) is 3.37. The van der Waals surface area contributed by atoms with Crippen LogP contribution in [0.3, 0.4) is 0 Å². The van der Waals surface area contributed by atoms with Crippen molar-refractivity contribution in [1.82, 2.24) is 19.5 Å². The number of nitrogen functional groups attached to an aromatic ring is 1. The number of benzene rings is 1. The Bertz CT molecular complexity index is 1320. The van der Waals surface area contributed by atoms with Gasteiger partial charge in [0.2, 0.25) is 0 Å². The van der Waals surface area contributed by atoms with E-state index in [-0.39, 0.29) is 10.6 Å². The van der Waals surface area contributed by atoms with Crippen molar-refractivity contribution in [3.05, 3.63) is 60.3 Å². The Hall–Kier alpha value is -3.05. The van der Waals surface area contributed by atoms with Gasteiger partial charge in [0, 0.05) is 11.9 Å². The number of anilines is 1. The van der Waals surface area contributed by atoms with E-state index in [1.54, 1.807) is 24.4 Å². The molecule has 0 aliphatic rings. The Morgan fingerprint density at radius 1 is 1.03 bits per heavy atom. The van der Waals surface area contributed by atoms with Gasteiger partial charge in [-0.2, -0.15) is 0 Å². The number of fused-ring (bicyclic) bond motifs is 1. The van der Waals surface area contributed by atoms with Gasteiger partial charge in [0.25, 0.3) is 0 Å². The van der Waals surface area contributed by atoms with Crippen LogP contribution in [-0.2, 0) is 11.0 Å². The molecule has 4 N–H and O–H groups in total. The number of imidazole rings is 1. The van der Waals surface area contributed by atoms with Crippen molar-refractivity contribution in [2.45, 2.75) is 45.5 Å². The normalized spacial score (nSPS) is 12.3. The quantitative estimate of drug-likeness (QED) is 0.366. The van der Waals surface area contributed by atoms with Gasteiger partial charge in [-0.05, 0) is 60.1 Å². The van der Waals surface area contributed by atoms with Gasteiger partial charge in [0.15, 0.2) is 19.8 Å². The molecule has 0 aliphatic carbocycles. The SMILES string of the molecule is CC(C)(C)[Si](C)(C)OCc1ccc(-n2c(-c3cccnc3N)nc3ccc(B(O)O)nc32)cc1. The molecule has 0 fully saturated rings. The maximum absolute atomic E-state index is 9.65. The highest BCUT2D eigenvalue weighted by Crippen LogP contribution is 2.37. The summed E-state index contributed by atoms with van der Waals surface area (Å²) in [5.41, 5.74) is 9.95. The Morgan fingerprint density at radius 3 is 2.35 bits per heavy atom. The second-order valence-electron chi connectivity index (χ2n) is 9.87. The number of hydrogen-bond donors (Lipinski definition) is 3. The van der Waals surface area contributed by atoms with Gasteiger partial charge < -0.3 is 20.2 Å². The van der Waals surface area contributed by atoms with Gasteiger partial charge in [0.05, 0.1) is 17.8 Å². The van der Waals surface area contributed by atoms with E-state index in [0.717, 1.165) is 11.3 Å². The highest BCUT2D eigenvalue weighted by molar-refractivity contribution is 6.74. The van der Waals surface area contributed by atoms with Crippen molar-refractivity contribution < 1.29 is 14.5 Å². The summed E-state index contributed by atoms with van der Waals surface area (Å²) >= 11 is 0. The third kappa shape index (κ3) is 4.62. The molecule has 8 nitrogen and oxygen atoms in total. The average molecular weight is 475 g/mol. The fraction of sp³-hybridized carbons (Fsp3) is 0.292. The zero-order valence-electron chi connectivity index (χ0n) is 20.1. The first-order chi connectivity index (χ1) is 16.0. The van der Waals surface area contributed by atoms with Crippen LogP contribution in [0.2, 0.25) is 18.1 Å². The lowest BCUT2D eigenvalue weighted by atomic mass is 9.86. The molecule has 0 saturated heterocycles. The van der Waals surface area contributed by atoms with E-state index in [4.69, 9.17) is 15.1 Å². The van der Waals surface area contributed by atoms with E-state index in [1.807, 2.05) is 34.9 Å². The molecule has 0 atom stereocenters. The van der Waals surface area contributed by atoms with E-state index in [0.29, 0.717) is 35.0 Å². The van der Waals surface area contributed by atoms with Crippen LogP contribution in [0.25, 0.3) is 28.2 Å². The van der Waals surface area contributed by atoms with Gasteiger partial charge in [-0.25, -0.2) is 15.0 Å². The Labute approximate surface area is 200 Å². The van der Waals surface area contributed by atoms with Crippen LogP contribution < -0.4 is 11.3 Å². The van der Waals surface area contributed by atoms with Crippen molar-refractivity contribution in [2.24, 2.45) is 0 Å². The third-order valence-corrected chi connectivity index (χ3v) is 10.9. The lowest BCUT2D eigenvalue weighted by Gasteiger charge is -2.36. The predicted octanol–water partition coefficient (Wildman–Crippen LogP) is 3.27. The summed E-state index contributed by atoms with van der Waals surface area (Å²) in [6.07, 6.45) is 1.63. The highest BCUT2D eigenvalue weighted by Gasteiger charge is 2.37. The Morgan fingerprint density at radius 2 is 1.74 bits per heavy atom. The minimum absolute atomic E-state index is 0.138. The Balaban J connectivity index is 1.77. The molecular formula is C24H30BN5O3Si. The van der Waals surface area contributed by atoms with Crippen LogP contribution >= 0.6 is 0 Å². The number of pyridine rings is 2. The molecule has 0 amide bonds. The maximum atomic E-state index is 9.65. The van der Waals surface area contributed by atoms with Crippen molar-refractivity contribution >= 4 is 38.0 Å². The monoisotopic (exact) mass is 475 g/mol. The van der Waals surface area contributed by atoms with Crippen LogP contribution in [0.4, 0.5) is 5.82 Å². The molecule has 0 bridgehead atoms. The Kier molecular flexibility index (Phi) is 6.34. The van der Waals surface area contributed by atoms with Gasteiger partial charge in [0.1, 0.15) is 11.3 Å². The summed E-state index contributed by atoms with van der Waals surface area (Å²) in [7, 11) is -3.55. The maximum Gasteiger partial charge on any atom is 0.508 e. The van der Waals surface area contributed by atoms with E-state index >= 15 is 0 Å². The van der Waals surface area contributed by atoms with Crippen LogP contribution in [0, 0.1) is 0 Å².